The Kier molecular flexibility index (Phi) is 7.24. The van der Waals surface area contributed by atoms with Gasteiger partial charge in [-0.05, 0) is 52.0 Å². The van der Waals surface area contributed by atoms with Gasteiger partial charge < -0.3 is 14.4 Å². The maximum absolute atomic E-state index is 12.8. The average Bonchev–Trinajstić information content (AvgIpc) is 2.91. The van der Waals surface area contributed by atoms with E-state index < -0.39 is 11.9 Å². The zero-order chi connectivity index (χ0) is 20.1. The zero-order valence-electron chi connectivity index (χ0n) is 16.6. The van der Waals surface area contributed by atoms with Gasteiger partial charge in [-0.25, -0.2) is 14.4 Å². The van der Waals surface area contributed by atoms with Crippen molar-refractivity contribution in [2.45, 2.75) is 53.5 Å². The maximum Gasteiger partial charge on any atom is 0.348 e. The zero-order valence-corrected chi connectivity index (χ0v) is 17.4. The molecule has 2 rings (SSSR count). The third kappa shape index (κ3) is 4.80. The monoisotopic (exact) mass is 396 g/mol. The number of hydrogen-bond acceptors (Lipinski definition) is 6. The van der Waals surface area contributed by atoms with E-state index in [1.54, 1.807) is 25.7 Å². The van der Waals surface area contributed by atoms with E-state index in [1.165, 1.54) is 0 Å². The molecule has 2 amide bonds. The summed E-state index contributed by atoms with van der Waals surface area (Å²) in [5.41, 5.74) is 0.684. The Balaban J connectivity index is 2.31. The SMILES string of the molecule is CCOC(=O)c1sc(NC(=O)N2CC[C@H](C)C[C@H]2C)c(C(=O)OCC)c1C. The van der Waals surface area contributed by atoms with Crippen molar-refractivity contribution >= 4 is 34.3 Å². The van der Waals surface area contributed by atoms with Gasteiger partial charge in [0.25, 0.3) is 0 Å². The number of piperidine rings is 1. The van der Waals surface area contributed by atoms with Crippen molar-refractivity contribution in [3.8, 4) is 0 Å². The van der Waals surface area contributed by atoms with Crippen LogP contribution < -0.4 is 5.32 Å². The minimum Gasteiger partial charge on any atom is -0.462 e. The standard InChI is InChI=1S/C19H28N2O5S/c1-6-25-17(22)14-13(5)15(18(23)26-7-2)27-16(14)20-19(24)21-9-8-11(3)10-12(21)4/h11-12H,6-10H2,1-5H3,(H,20,24)/t11-,12+/m0/s1. The highest BCUT2D eigenvalue weighted by Crippen LogP contribution is 2.35. The molecule has 7 nitrogen and oxygen atoms in total. The first-order chi connectivity index (χ1) is 12.8. The fraction of sp³-hybridized carbons (Fsp3) is 0.632. The van der Waals surface area contributed by atoms with Crippen LogP contribution in [-0.2, 0) is 9.47 Å². The Morgan fingerprint density at radius 3 is 2.37 bits per heavy atom. The minimum absolute atomic E-state index is 0.116. The van der Waals surface area contributed by atoms with E-state index in [9.17, 15) is 14.4 Å². The summed E-state index contributed by atoms with van der Waals surface area (Å²) in [5, 5.41) is 3.14. The van der Waals surface area contributed by atoms with Crippen molar-refractivity contribution in [2.75, 3.05) is 25.1 Å². The van der Waals surface area contributed by atoms with Gasteiger partial charge in [0.05, 0.1) is 18.8 Å². The summed E-state index contributed by atoms with van der Waals surface area (Å²) in [5.74, 6) is -0.484. The van der Waals surface area contributed by atoms with E-state index in [1.807, 2.05) is 6.92 Å². The lowest BCUT2D eigenvalue weighted by molar-refractivity contribution is 0.0527. The molecule has 0 aromatic carbocycles. The number of carbonyl (C=O) groups excluding carboxylic acids is 3. The summed E-state index contributed by atoms with van der Waals surface area (Å²) in [6.45, 7) is 10.4. The van der Waals surface area contributed by atoms with Crippen molar-refractivity contribution in [3.05, 3.63) is 16.0 Å². The highest BCUT2D eigenvalue weighted by Gasteiger charge is 2.31. The highest BCUT2D eigenvalue weighted by atomic mass is 32.1. The number of thiophene rings is 1. The number of anilines is 1. The lowest BCUT2D eigenvalue weighted by Crippen LogP contribution is -2.46. The molecule has 2 heterocycles. The maximum atomic E-state index is 12.8. The number of rotatable bonds is 5. The topological polar surface area (TPSA) is 84.9 Å². The summed E-state index contributed by atoms with van der Waals surface area (Å²) in [6.07, 6.45) is 1.88. The molecule has 0 unspecified atom stereocenters. The van der Waals surface area contributed by atoms with Crippen LogP contribution in [0.15, 0.2) is 0 Å². The van der Waals surface area contributed by atoms with Crippen molar-refractivity contribution in [3.63, 3.8) is 0 Å². The molecule has 1 saturated heterocycles. The summed E-state index contributed by atoms with van der Waals surface area (Å²) >= 11 is 1.05. The molecule has 1 aromatic heterocycles. The number of nitrogens with one attached hydrogen (secondary N) is 1. The summed E-state index contributed by atoms with van der Waals surface area (Å²) < 4.78 is 10.2. The Labute approximate surface area is 164 Å². The van der Waals surface area contributed by atoms with Gasteiger partial charge in [-0.3, -0.25) is 5.32 Å². The number of likely N-dealkylation sites (tertiary alicyclic amines) is 1. The van der Waals surface area contributed by atoms with E-state index in [0.29, 0.717) is 27.9 Å². The second-order valence-electron chi connectivity index (χ2n) is 6.80. The summed E-state index contributed by atoms with van der Waals surface area (Å²) in [4.78, 5) is 39.5. The van der Waals surface area contributed by atoms with Crippen molar-refractivity contribution in [1.82, 2.24) is 4.90 Å². The molecular formula is C19H28N2O5S. The smallest absolute Gasteiger partial charge is 0.348 e. The van der Waals surface area contributed by atoms with Gasteiger partial charge in [0.1, 0.15) is 9.88 Å². The number of hydrogen-bond donors (Lipinski definition) is 1. The number of esters is 2. The molecule has 2 atom stereocenters. The van der Waals surface area contributed by atoms with Gasteiger partial charge in [-0.2, -0.15) is 0 Å². The van der Waals surface area contributed by atoms with Crippen LogP contribution in [0.25, 0.3) is 0 Å². The molecule has 1 aromatic rings. The lowest BCUT2D eigenvalue weighted by Gasteiger charge is -2.36. The molecule has 150 valence electrons. The van der Waals surface area contributed by atoms with Crippen molar-refractivity contribution < 1.29 is 23.9 Å². The fourth-order valence-electron chi connectivity index (χ4n) is 3.32. The van der Waals surface area contributed by atoms with Crippen LogP contribution in [-0.4, -0.2) is 48.7 Å². The first-order valence-corrected chi connectivity index (χ1v) is 10.2. The number of urea groups is 1. The van der Waals surface area contributed by atoms with Crippen LogP contribution in [0.1, 0.15) is 66.1 Å². The van der Waals surface area contributed by atoms with E-state index in [4.69, 9.17) is 9.47 Å². The van der Waals surface area contributed by atoms with Gasteiger partial charge >= 0.3 is 18.0 Å². The van der Waals surface area contributed by atoms with Crippen LogP contribution in [0.2, 0.25) is 0 Å². The Morgan fingerprint density at radius 2 is 1.78 bits per heavy atom. The molecule has 0 saturated carbocycles. The molecule has 0 spiro atoms. The van der Waals surface area contributed by atoms with Gasteiger partial charge in [0.2, 0.25) is 0 Å². The van der Waals surface area contributed by atoms with Gasteiger partial charge in [-0.15, -0.1) is 11.3 Å². The van der Waals surface area contributed by atoms with Crippen LogP contribution in [0, 0.1) is 12.8 Å². The summed E-state index contributed by atoms with van der Waals surface area (Å²) in [7, 11) is 0. The van der Waals surface area contributed by atoms with E-state index >= 15 is 0 Å². The number of ether oxygens (including phenoxy) is 2. The van der Waals surface area contributed by atoms with E-state index in [2.05, 4.69) is 12.2 Å². The molecular weight excluding hydrogens is 368 g/mol. The second kappa shape index (κ2) is 9.21. The normalized spacial score (nSPS) is 19.5. The third-order valence-electron chi connectivity index (χ3n) is 4.71. The first kappa shape index (κ1) is 21.2. The molecule has 0 radical (unpaired) electrons. The quantitative estimate of drug-likeness (QED) is 0.759. The summed E-state index contributed by atoms with van der Waals surface area (Å²) in [6, 6.07) is -0.151. The Morgan fingerprint density at radius 1 is 1.15 bits per heavy atom. The van der Waals surface area contributed by atoms with E-state index in [0.717, 1.165) is 24.2 Å². The van der Waals surface area contributed by atoms with Gasteiger partial charge in [-0.1, -0.05) is 6.92 Å². The Hall–Kier alpha value is -2.09. The molecule has 1 fully saturated rings. The third-order valence-corrected chi connectivity index (χ3v) is 5.89. The highest BCUT2D eigenvalue weighted by molar-refractivity contribution is 7.18. The molecule has 1 N–H and O–H groups in total. The number of amides is 2. The number of nitrogens with zero attached hydrogens (tertiary/aromatic N) is 1. The van der Waals surface area contributed by atoms with Gasteiger partial charge in [0, 0.05) is 12.6 Å². The van der Waals surface area contributed by atoms with Crippen LogP contribution in [0.3, 0.4) is 0 Å². The van der Waals surface area contributed by atoms with E-state index in [-0.39, 0.29) is 30.9 Å². The molecule has 27 heavy (non-hydrogen) atoms. The molecule has 1 aliphatic rings. The number of carbonyl (C=O) groups is 3. The molecule has 1 aliphatic heterocycles. The predicted octanol–water partition coefficient (Wildman–Crippen LogP) is 4.06. The van der Waals surface area contributed by atoms with Crippen molar-refractivity contribution in [2.24, 2.45) is 5.92 Å². The van der Waals surface area contributed by atoms with Crippen molar-refractivity contribution in [1.29, 1.82) is 0 Å². The largest absolute Gasteiger partial charge is 0.462 e. The second-order valence-corrected chi connectivity index (χ2v) is 7.82. The fourth-order valence-corrected chi connectivity index (χ4v) is 4.40. The molecule has 0 bridgehead atoms. The Bertz CT molecular complexity index is 715. The minimum atomic E-state index is -0.558. The predicted molar refractivity (Wildman–Crippen MR) is 105 cm³/mol. The van der Waals surface area contributed by atoms with Gasteiger partial charge in [0.15, 0.2) is 0 Å². The molecule has 8 heteroatoms. The molecule has 0 aliphatic carbocycles. The first-order valence-electron chi connectivity index (χ1n) is 9.35. The average molecular weight is 397 g/mol. The lowest BCUT2D eigenvalue weighted by atomic mass is 9.94. The van der Waals surface area contributed by atoms with Crippen LogP contribution in [0.4, 0.5) is 9.80 Å². The van der Waals surface area contributed by atoms with Crippen LogP contribution >= 0.6 is 11.3 Å². The van der Waals surface area contributed by atoms with Crippen LogP contribution in [0.5, 0.6) is 0 Å².